The number of nitrogens with zero attached hydrogens (tertiary/aromatic N) is 1. The van der Waals surface area contributed by atoms with Crippen molar-refractivity contribution in [2.24, 2.45) is 0 Å². The number of ketones is 1. The smallest absolute Gasteiger partial charge is 0.136 e. The Morgan fingerprint density at radius 3 is 1.56 bits per heavy atom. The molecule has 0 aromatic heterocycles. The van der Waals surface area contributed by atoms with Crippen LogP contribution in [0, 0.1) is 0 Å². The second-order valence-corrected chi connectivity index (χ2v) is 5.07. The first-order valence-corrected chi connectivity index (χ1v) is 6.51. The molecule has 94 valence electrons. The van der Waals surface area contributed by atoms with Gasteiger partial charge in [0.15, 0.2) is 0 Å². The van der Waals surface area contributed by atoms with Gasteiger partial charge in [-0.3, -0.25) is 4.79 Å². The third-order valence-corrected chi connectivity index (χ3v) is 4.58. The number of rotatable bonds is 4. The number of carbonyl (C=O) groups is 1. The summed E-state index contributed by atoms with van der Waals surface area (Å²) >= 11 is 0. The highest BCUT2D eigenvalue weighted by Gasteiger charge is 2.50. The van der Waals surface area contributed by atoms with Gasteiger partial charge in [0.05, 0.1) is 11.1 Å². The lowest BCUT2D eigenvalue weighted by molar-refractivity contribution is -0.260. The lowest BCUT2D eigenvalue weighted by Gasteiger charge is -2.53. The lowest BCUT2D eigenvalue weighted by atomic mass is 9.76. The molecule has 0 spiro atoms. The van der Waals surface area contributed by atoms with E-state index in [1.54, 1.807) is 0 Å². The summed E-state index contributed by atoms with van der Waals surface area (Å²) in [5, 5.41) is 12.1. The normalized spacial score (nSPS) is 24.7. The van der Waals surface area contributed by atoms with E-state index in [4.69, 9.17) is 0 Å². The van der Waals surface area contributed by atoms with Gasteiger partial charge in [0.1, 0.15) is 5.78 Å². The zero-order valence-electron chi connectivity index (χ0n) is 11.0. The van der Waals surface area contributed by atoms with Crippen LogP contribution in [-0.2, 0) is 4.79 Å². The van der Waals surface area contributed by atoms with Crippen molar-refractivity contribution in [3.05, 3.63) is 0 Å². The fourth-order valence-electron chi connectivity index (χ4n) is 3.05. The van der Waals surface area contributed by atoms with Crippen molar-refractivity contribution in [3.63, 3.8) is 0 Å². The zero-order chi connectivity index (χ0) is 12.4. The summed E-state index contributed by atoms with van der Waals surface area (Å²) in [5.74, 6) is 0.303. The van der Waals surface area contributed by atoms with Crippen LogP contribution in [-0.4, -0.2) is 27.1 Å². The SMILES string of the molecule is CCC1(CC)CC(=O)CC(CC)(CC)[15N]1O. The van der Waals surface area contributed by atoms with Gasteiger partial charge in [-0.15, -0.1) is 0 Å². The molecule has 1 aliphatic rings. The highest BCUT2D eigenvalue weighted by atomic mass is 16.8. The summed E-state index contributed by atoms with van der Waals surface area (Å²) in [6.07, 6.45) is 4.30. The average molecular weight is 228 g/mol. The van der Waals surface area contributed by atoms with Crippen molar-refractivity contribution >= 4 is 5.78 Å². The zero-order valence-corrected chi connectivity index (χ0v) is 11.0. The second kappa shape index (κ2) is 4.84. The fraction of sp³-hybridized carbons (Fsp3) is 0.923. The van der Waals surface area contributed by atoms with Gasteiger partial charge in [0.25, 0.3) is 0 Å². The quantitative estimate of drug-likeness (QED) is 0.751. The molecule has 1 aliphatic heterocycles. The first-order chi connectivity index (χ1) is 7.50. The molecule has 0 aliphatic carbocycles. The van der Waals surface area contributed by atoms with Gasteiger partial charge >= 0.3 is 0 Å². The Morgan fingerprint density at radius 1 is 1.00 bits per heavy atom. The third kappa shape index (κ3) is 1.91. The number of hydroxylamine groups is 2. The number of carbonyl (C=O) groups excluding carboxylic acids is 1. The topological polar surface area (TPSA) is 40.5 Å². The molecule has 0 saturated carbocycles. The van der Waals surface area contributed by atoms with Gasteiger partial charge in [-0.1, -0.05) is 27.7 Å². The maximum atomic E-state index is 11.9. The van der Waals surface area contributed by atoms with Crippen LogP contribution in [0.15, 0.2) is 0 Å². The van der Waals surface area contributed by atoms with Crippen molar-refractivity contribution in [3.8, 4) is 0 Å². The molecule has 0 bridgehead atoms. The van der Waals surface area contributed by atoms with Crippen molar-refractivity contribution < 1.29 is 10.0 Å². The first kappa shape index (κ1) is 13.7. The molecule has 3 heteroatoms. The summed E-state index contributed by atoms with van der Waals surface area (Å²) < 4.78 is 0. The number of hydrogen-bond donors (Lipinski definition) is 1. The van der Waals surface area contributed by atoms with Crippen LogP contribution in [0.1, 0.15) is 66.2 Å². The molecule has 1 rings (SSSR count). The lowest BCUT2D eigenvalue weighted by Crippen LogP contribution is -2.63. The van der Waals surface area contributed by atoms with E-state index in [1.165, 1.54) is 5.06 Å². The van der Waals surface area contributed by atoms with E-state index in [9.17, 15) is 10.0 Å². The first-order valence-electron chi connectivity index (χ1n) is 6.51. The van der Waals surface area contributed by atoms with E-state index in [0.717, 1.165) is 25.7 Å². The predicted molar refractivity (Wildman–Crippen MR) is 64.5 cm³/mol. The molecule has 0 atom stereocenters. The minimum atomic E-state index is -0.332. The molecule has 0 radical (unpaired) electrons. The molecule has 1 saturated heterocycles. The molecule has 0 amide bonds. The molecule has 16 heavy (non-hydrogen) atoms. The minimum Gasteiger partial charge on any atom is -0.313 e. The maximum absolute atomic E-state index is 11.9. The van der Waals surface area contributed by atoms with Crippen molar-refractivity contribution in [1.29, 1.82) is 0 Å². The predicted octanol–water partition coefficient (Wildman–Crippen LogP) is 3.16. The summed E-state index contributed by atoms with van der Waals surface area (Å²) in [6, 6.07) is 0. The van der Waals surface area contributed by atoms with Crippen molar-refractivity contribution in [1.82, 2.24) is 5.06 Å². The molecular formula is C13H25NO2. The summed E-state index contributed by atoms with van der Waals surface area (Å²) in [4.78, 5) is 11.9. The highest BCUT2D eigenvalue weighted by Crippen LogP contribution is 2.42. The number of Topliss-reactive ketones (excluding diaryl/α,β-unsaturated/α-hetero) is 1. The van der Waals surface area contributed by atoms with Crippen LogP contribution in [0.5, 0.6) is 0 Å². The molecule has 1 heterocycles. The van der Waals surface area contributed by atoms with E-state index >= 15 is 0 Å². The molecule has 3 nitrogen and oxygen atoms in total. The maximum Gasteiger partial charge on any atom is 0.136 e. The largest absolute Gasteiger partial charge is 0.313 e. The van der Waals surface area contributed by atoms with E-state index in [1.807, 2.05) is 0 Å². The molecule has 0 unspecified atom stereocenters. The Balaban J connectivity index is 3.11. The van der Waals surface area contributed by atoms with Gasteiger partial charge in [-0.05, 0) is 25.7 Å². The molecule has 0 aromatic rings. The minimum absolute atomic E-state index is 0.303. The average Bonchev–Trinajstić information content (AvgIpc) is 2.32. The van der Waals surface area contributed by atoms with Crippen molar-refractivity contribution in [2.45, 2.75) is 77.3 Å². The van der Waals surface area contributed by atoms with Gasteiger partial charge in [0.2, 0.25) is 0 Å². The van der Waals surface area contributed by atoms with Crippen molar-refractivity contribution in [2.75, 3.05) is 0 Å². The van der Waals surface area contributed by atoms with Gasteiger partial charge in [0, 0.05) is 12.8 Å². The van der Waals surface area contributed by atoms with Crippen LogP contribution in [0.25, 0.3) is 0 Å². The molecule has 1 N–H and O–H groups in total. The highest BCUT2D eigenvalue weighted by molar-refractivity contribution is 5.82. The van der Waals surface area contributed by atoms with Crippen LogP contribution < -0.4 is 0 Å². The standard InChI is InChI=1S/C13H25NO2/c1-5-12(6-2)9-11(15)10-13(7-3,8-4)14(12)16/h16H,5-10H2,1-4H3/i14+1. The van der Waals surface area contributed by atoms with Gasteiger partial charge in [-0.25, -0.2) is 0 Å². The third-order valence-electron chi connectivity index (χ3n) is 4.58. The van der Waals surface area contributed by atoms with Gasteiger partial charge < -0.3 is 5.21 Å². The second-order valence-electron chi connectivity index (χ2n) is 5.07. The van der Waals surface area contributed by atoms with E-state index in [0.29, 0.717) is 18.6 Å². The van der Waals surface area contributed by atoms with E-state index < -0.39 is 0 Å². The molecule has 0 aromatic carbocycles. The molecule has 1 fully saturated rings. The van der Waals surface area contributed by atoms with E-state index in [2.05, 4.69) is 27.7 Å². The van der Waals surface area contributed by atoms with Crippen LogP contribution in [0.2, 0.25) is 0 Å². The summed E-state index contributed by atoms with van der Waals surface area (Å²) in [6.45, 7) is 8.23. The van der Waals surface area contributed by atoms with Crippen LogP contribution >= 0.6 is 0 Å². The Bertz CT molecular complexity index is 231. The van der Waals surface area contributed by atoms with Crippen LogP contribution in [0.3, 0.4) is 0 Å². The summed E-state index contributed by atoms with van der Waals surface area (Å²) in [5.41, 5.74) is -0.664. The van der Waals surface area contributed by atoms with Gasteiger partial charge in [-0.2, -0.15) is 5.06 Å². The number of hydrogen-bond acceptors (Lipinski definition) is 3. The fourth-order valence-corrected chi connectivity index (χ4v) is 3.05. The number of piperidine rings is 1. The molecular weight excluding hydrogens is 203 g/mol. The Labute approximate surface area is 98.8 Å². The van der Waals surface area contributed by atoms with E-state index in [-0.39, 0.29) is 11.1 Å². The van der Waals surface area contributed by atoms with Crippen LogP contribution in [0.4, 0.5) is 0 Å². The summed E-state index contributed by atoms with van der Waals surface area (Å²) in [7, 11) is 0. The monoisotopic (exact) mass is 228 g/mol. The Kier molecular flexibility index (Phi) is 4.13. The Morgan fingerprint density at radius 2 is 1.31 bits per heavy atom. The Hall–Kier alpha value is -0.410.